The van der Waals surface area contributed by atoms with Gasteiger partial charge in [-0.05, 0) is 35.9 Å². The van der Waals surface area contributed by atoms with Crippen molar-refractivity contribution in [3.8, 4) is 17.1 Å². The summed E-state index contributed by atoms with van der Waals surface area (Å²) < 4.78 is 10.9. The molecule has 0 unspecified atom stereocenters. The van der Waals surface area contributed by atoms with Gasteiger partial charge in [-0.25, -0.2) is 15.0 Å². The van der Waals surface area contributed by atoms with E-state index < -0.39 is 0 Å². The number of rotatable bonds is 5. The molecule has 2 aliphatic rings. The van der Waals surface area contributed by atoms with Crippen LogP contribution in [0, 0.1) is 0 Å². The summed E-state index contributed by atoms with van der Waals surface area (Å²) in [6.07, 6.45) is 5.93. The Bertz CT molecular complexity index is 1090. The summed E-state index contributed by atoms with van der Waals surface area (Å²) in [5.74, 6) is 1.31. The van der Waals surface area contributed by atoms with Gasteiger partial charge in [-0.2, -0.15) is 0 Å². The second-order valence-corrected chi connectivity index (χ2v) is 7.44. The third-order valence-electron chi connectivity index (χ3n) is 5.56. The number of ether oxygens (including phenoxy) is 2. The molecule has 1 saturated heterocycles. The first kappa shape index (κ1) is 19.4. The van der Waals surface area contributed by atoms with Crippen LogP contribution in [0.1, 0.15) is 11.1 Å². The maximum atomic E-state index is 5.45. The molecule has 1 fully saturated rings. The van der Waals surface area contributed by atoms with Gasteiger partial charge in [-0.15, -0.1) is 0 Å². The Morgan fingerprint density at radius 2 is 1.97 bits per heavy atom. The molecule has 0 atom stereocenters. The van der Waals surface area contributed by atoms with Crippen LogP contribution in [0.25, 0.3) is 11.3 Å². The van der Waals surface area contributed by atoms with E-state index in [2.05, 4.69) is 55.5 Å². The van der Waals surface area contributed by atoms with E-state index in [0.29, 0.717) is 12.4 Å². The summed E-state index contributed by atoms with van der Waals surface area (Å²) in [6, 6.07) is 10.5. The largest absolute Gasteiger partial charge is 0.480 e. The van der Waals surface area contributed by atoms with Gasteiger partial charge in [0.2, 0.25) is 5.88 Å². The van der Waals surface area contributed by atoms with E-state index in [1.807, 2.05) is 6.21 Å². The summed E-state index contributed by atoms with van der Waals surface area (Å²) in [5, 5.41) is 3.50. The molecule has 5 rings (SSSR count). The topological polar surface area (TPSA) is 84.8 Å². The molecule has 0 radical (unpaired) electrons. The molecule has 31 heavy (non-hydrogen) atoms. The Hall–Kier alpha value is -3.52. The molecule has 1 aromatic carbocycles. The van der Waals surface area contributed by atoms with Crippen LogP contribution in [0.4, 0.5) is 17.2 Å². The normalized spacial score (nSPS) is 15.5. The minimum absolute atomic E-state index is 0.507. The first-order valence-corrected chi connectivity index (χ1v) is 10.4. The van der Waals surface area contributed by atoms with Gasteiger partial charge < -0.3 is 19.7 Å². The average Bonchev–Trinajstić information content (AvgIpc) is 2.85. The molecule has 0 spiro atoms. The van der Waals surface area contributed by atoms with E-state index in [4.69, 9.17) is 14.5 Å². The second kappa shape index (κ2) is 8.69. The lowest BCUT2D eigenvalue weighted by molar-refractivity contribution is 0.122. The molecule has 0 aliphatic carbocycles. The second-order valence-electron chi connectivity index (χ2n) is 7.44. The number of aromatic nitrogens is 3. The molecule has 2 aromatic heterocycles. The lowest BCUT2D eigenvalue weighted by Crippen LogP contribution is -2.36. The van der Waals surface area contributed by atoms with Gasteiger partial charge in [0.25, 0.3) is 0 Å². The Morgan fingerprint density at radius 3 is 2.77 bits per heavy atom. The van der Waals surface area contributed by atoms with Crippen molar-refractivity contribution in [1.82, 2.24) is 15.0 Å². The fourth-order valence-corrected chi connectivity index (χ4v) is 3.91. The molecular formula is C23H24N6O2. The summed E-state index contributed by atoms with van der Waals surface area (Å²) in [4.78, 5) is 20.1. The van der Waals surface area contributed by atoms with Crippen molar-refractivity contribution in [2.24, 2.45) is 4.99 Å². The van der Waals surface area contributed by atoms with Crippen LogP contribution in [0.5, 0.6) is 5.88 Å². The van der Waals surface area contributed by atoms with E-state index in [0.717, 1.165) is 61.1 Å². The van der Waals surface area contributed by atoms with Crippen molar-refractivity contribution in [2.75, 3.05) is 43.6 Å². The number of fused-ring (bicyclic) bond motifs is 1. The predicted octanol–water partition coefficient (Wildman–Crippen LogP) is 3.25. The smallest absolute Gasteiger partial charge is 0.225 e. The Labute approximate surface area is 181 Å². The van der Waals surface area contributed by atoms with Gasteiger partial charge in [-0.1, -0.05) is 0 Å². The van der Waals surface area contributed by atoms with Gasteiger partial charge >= 0.3 is 0 Å². The summed E-state index contributed by atoms with van der Waals surface area (Å²) in [5.41, 5.74) is 6.03. The molecule has 8 nitrogen and oxygen atoms in total. The maximum Gasteiger partial charge on any atom is 0.225 e. The first-order valence-electron chi connectivity index (χ1n) is 10.4. The molecule has 0 saturated carbocycles. The number of nitrogens with one attached hydrogen (secondary N) is 1. The zero-order valence-electron chi connectivity index (χ0n) is 17.4. The van der Waals surface area contributed by atoms with Crippen LogP contribution in [0.15, 0.2) is 47.8 Å². The van der Waals surface area contributed by atoms with Crippen LogP contribution >= 0.6 is 0 Å². The van der Waals surface area contributed by atoms with Crippen molar-refractivity contribution in [1.29, 1.82) is 0 Å². The minimum atomic E-state index is 0.507. The fraction of sp³-hybridized carbons (Fsp3) is 0.304. The van der Waals surface area contributed by atoms with Gasteiger partial charge in [0.05, 0.1) is 38.1 Å². The van der Waals surface area contributed by atoms with Crippen LogP contribution in [0.3, 0.4) is 0 Å². The lowest BCUT2D eigenvalue weighted by atomic mass is 10.0. The average molecular weight is 416 g/mol. The number of nitrogens with zero attached hydrogens (tertiary/aromatic N) is 5. The molecular weight excluding hydrogens is 392 g/mol. The molecule has 1 N–H and O–H groups in total. The van der Waals surface area contributed by atoms with Gasteiger partial charge in [0.1, 0.15) is 12.1 Å². The van der Waals surface area contributed by atoms with Gasteiger partial charge in [0.15, 0.2) is 0 Å². The number of hydrogen-bond acceptors (Lipinski definition) is 8. The van der Waals surface area contributed by atoms with Crippen molar-refractivity contribution in [3.05, 3.63) is 54.0 Å². The SMILES string of the molecule is COc1ncncc1-c1cc2c(c(Nc3ccc(N4CCOCC4)cc3)n1)CN=CC2. The number of methoxy groups -OCH3 is 1. The molecule has 8 heteroatoms. The highest BCUT2D eigenvalue weighted by Crippen LogP contribution is 2.33. The molecule has 2 aliphatic heterocycles. The van der Waals surface area contributed by atoms with Crippen molar-refractivity contribution >= 4 is 23.4 Å². The quantitative estimate of drug-likeness (QED) is 0.683. The van der Waals surface area contributed by atoms with Crippen LogP contribution in [-0.2, 0) is 17.7 Å². The van der Waals surface area contributed by atoms with E-state index in [1.54, 1.807) is 13.3 Å². The Kier molecular flexibility index (Phi) is 5.45. The highest BCUT2D eigenvalue weighted by Gasteiger charge is 2.18. The zero-order chi connectivity index (χ0) is 21.0. The Morgan fingerprint density at radius 1 is 1.13 bits per heavy atom. The molecule has 0 bridgehead atoms. The van der Waals surface area contributed by atoms with E-state index in [9.17, 15) is 0 Å². The van der Waals surface area contributed by atoms with Gasteiger partial charge in [-0.3, -0.25) is 4.99 Å². The van der Waals surface area contributed by atoms with Crippen LogP contribution < -0.4 is 15.0 Å². The molecule has 4 heterocycles. The van der Waals surface area contributed by atoms with Crippen LogP contribution in [-0.4, -0.2) is 54.6 Å². The lowest BCUT2D eigenvalue weighted by Gasteiger charge is -2.29. The number of anilines is 3. The maximum absolute atomic E-state index is 5.45. The molecule has 3 aromatic rings. The minimum Gasteiger partial charge on any atom is -0.480 e. The highest BCUT2D eigenvalue weighted by atomic mass is 16.5. The van der Waals surface area contributed by atoms with Crippen molar-refractivity contribution in [3.63, 3.8) is 0 Å². The van der Waals surface area contributed by atoms with E-state index in [-0.39, 0.29) is 0 Å². The number of pyridine rings is 1. The summed E-state index contributed by atoms with van der Waals surface area (Å²) in [7, 11) is 1.60. The Balaban J connectivity index is 1.47. The summed E-state index contributed by atoms with van der Waals surface area (Å²) in [6.45, 7) is 4.00. The zero-order valence-corrected chi connectivity index (χ0v) is 17.4. The standard InChI is InChI=1S/C23H24N6O2/c1-30-23-20(14-25-15-26-23)21-12-16-6-7-24-13-19(16)22(28-21)27-17-2-4-18(5-3-17)29-8-10-31-11-9-29/h2-5,7,12,14-15H,6,8-11,13H2,1H3,(H,27,28). The van der Waals surface area contributed by atoms with Crippen molar-refractivity contribution < 1.29 is 9.47 Å². The number of aliphatic imine (C=N–C) groups is 1. The monoisotopic (exact) mass is 416 g/mol. The van der Waals surface area contributed by atoms with Crippen molar-refractivity contribution in [2.45, 2.75) is 13.0 Å². The fourth-order valence-electron chi connectivity index (χ4n) is 3.91. The molecule has 0 amide bonds. The third-order valence-corrected chi connectivity index (χ3v) is 5.56. The van der Waals surface area contributed by atoms with E-state index in [1.165, 1.54) is 17.6 Å². The first-order chi connectivity index (χ1) is 15.3. The predicted molar refractivity (Wildman–Crippen MR) is 120 cm³/mol. The number of benzene rings is 1. The number of hydrogen-bond donors (Lipinski definition) is 1. The van der Waals surface area contributed by atoms with Gasteiger partial charge in [0, 0.05) is 48.9 Å². The highest BCUT2D eigenvalue weighted by molar-refractivity contribution is 5.75. The third kappa shape index (κ3) is 4.06. The molecule has 158 valence electrons. The number of morpholine rings is 1. The summed E-state index contributed by atoms with van der Waals surface area (Å²) >= 11 is 0. The van der Waals surface area contributed by atoms with E-state index >= 15 is 0 Å². The van der Waals surface area contributed by atoms with Crippen LogP contribution in [0.2, 0.25) is 0 Å².